The molecular formula is C22H17N2O2S2+. The van der Waals surface area contributed by atoms with E-state index in [0.29, 0.717) is 11.1 Å². The average molecular weight is 406 g/mol. The van der Waals surface area contributed by atoms with Crippen LogP contribution in [0.2, 0.25) is 0 Å². The molecule has 0 saturated heterocycles. The predicted octanol–water partition coefficient (Wildman–Crippen LogP) is 4.59. The number of fused-ring (bicyclic) bond motifs is 2. The van der Waals surface area contributed by atoms with Crippen molar-refractivity contribution < 1.29 is 14.5 Å². The van der Waals surface area contributed by atoms with Gasteiger partial charge in [-0.25, -0.2) is 0 Å². The first-order valence-electron chi connectivity index (χ1n) is 8.84. The van der Waals surface area contributed by atoms with Crippen molar-refractivity contribution in [1.82, 2.24) is 0 Å². The Labute approximate surface area is 170 Å². The molecule has 2 aliphatic rings. The van der Waals surface area contributed by atoms with Gasteiger partial charge in [-0.05, 0) is 24.3 Å². The van der Waals surface area contributed by atoms with Crippen LogP contribution >= 0.6 is 23.1 Å². The van der Waals surface area contributed by atoms with Gasteiger partial charge in [-0.1, -0.05) is 47.4 Å². The quantitative estimate of drug-likeness (QED) is 0.500. The second kappa shape index (κ2) is 6.36. The van der Waals surface area contributed by atoms with Crippen LogP contribution in [0.4, 0.5) is 5.69 Å². The summed E-state index contributed by atoms with van der Waals surface area (Å²) in [5.74, 6) is -0.0488. The number of aliphatic hydroxyl groups is 1. The molecule has 0 atom stereocenters. The Morgan fingerprint density at radius 1 is 1.07 bits per heavy atom. The van der Waals surface area contributed by atoms with Crippen LogP contribution in [0.1, 0.15) is 5.01 Å². The SMILES string of the molecule is CN1C(=CC2=C(O)C(=Cc3sc4ccccc4[n+]3C)C2=O)Sc2ccccc21. The number of ketones is 1. The molecule has 6 heteroatoms. The monoisotopic (exact) mass is 405 g/mol. The van der Waals surface area contributed by atoms with Gasteiger partial charge in [0.15, 0.2) is 0 Å². The van der Waals surface area contributed by atoms with Gasteiger partial charge in [-0.15, -0.1) is 0 Å². The number of benzene rings is 2. The number of rotatable bonds is 2. The number of carbonyl (C=O) groups is 1. The molecule has 0 spiro atoms. The van der Waals surface area contributed by atoms with Crippen LogP contribution in [0, 0.1) is 0 Å². The molecule has 5 rings (SSSR count). The van der Waals surface area contributed by atoms with Gasteiger partial charge in [0.2, 0.25) is 11.3 Å². The number of aromatic nitrogens is 1. The van der Waals surface area contributed by atoms with E-state index in [1.165, 1.54) is 0 Å². The van der Waals surface area contributed by atoms with Gasteiger partial charge in [-0.3, -0.25) is 4.79 Å². The minimum Gasteiger partial charge on any atom is -0.506 e. The Kier molecular flexibility index (Phi) is 3.92. The molecule has 4 nitrogen and oxygen atoms in total. The maximum Gasteiger partial charge on any atom is 0.263 e. The van der Waals surface area contributed by atoms with Gasteiger partial charge in [0, 0.05) is 24.1 Å². The predicted molar refractivity (Wildman–Crippen MR) is 114 cm³/mol. The van der Waals surface area contributed by atoms with Crippen molar-refractivity contribution in [2.75, 3.05) is 11.9 Å². The first kappa shape index (κ1) is 17.3. The van der Waals surface area contributed by atoms with Crippen LogP contribution in [-0.2, 0) is 11.8 Å². The number of hydrogen-bond donors (Lipinski definition) is 1. The largest absolute Gasteiger partial charge is 0.506 e. The number of thioether (sulfide) groups is 1. The summed E-state index contributed by atoms with van der Waals surface area (Å²) >= 11 is 3.21. The van der Waals surface area contributed by atoms with Crippen LogP contribution in [-0.4, -0.2) is 17.9 Å². The lowest BCUT2D eigenvalue weighted by Crippen LogP contribution is -2.30. The van der Waals surface area contributed by atoms with Crippen molar-refractivity contribution in [2.24, 2.45) is 7.05 Å². The van der Waals surface area contributed by atoms with E-state index < -0.39 is 0 Å². The number of aryl methyl sites for hydroxylation is 1. The van der Waals surface area contributed by atoms with Gasteiger partial charge >= 0.3 is 0 Å². The highest BCUT2D eigenvalue weighted by atomic mass is 32.2. The van der Waals surface area contributed by atoms with Crippen molar-refractivity contribution >= 4 is 50.9 Å². The first-order valence-corrected chi connectivity index (χ1v) is 10.5. The molecule has 1 N–H and O–H groups in total. The normalized spacial score (nSPS) is 19.1. The summed E-state index contributed by atoms with van der Waals surface area (Å²) in [5, 5.41) is 12.4. The van der Waals surface area contributed by atoms with Crippen LogP contribution in [0.25, 0.3) is 16.3 Å². The Hall–Kier alpha value is -2.83. The number of carbonyl (C=O) groups excluding carboxylic acids is 1. The fraction of sp³-hybridized carbons (Fsp3) is 0.0909. The Morgan fingerprint density at radius 2 is 1.82 bits per heavy atom. The minimum absolute atomic E-state index is 0.0694. The lowest BCUT2D eigenvalue weighted by atomic mass is 9.88. The smallest absolute Gasteiger partial charge is 0.263 e. The summed E-state index contributed by atoms with van der Waals surface area (Å²) in [6.07, 6.45) is 3.56. The third kappa shape index (κ3) is 2.52. The maximum atomic E-state index is 12.7. The third-order valence-electron chi connectivity index (χ3n) is 5.08. The average Bonchev–Trinajstić information content (AvgIpc) is 3.21. The summed E-state index contributed by atoms with van der Waals surface area (Å²) in [6.45, 7) is 0. The molecule has 2 aromatic carbocycles. The van der Waals surface area contributed by atoms with Gasteiger partial charge in [0.25, 0.3) is 5.01 Å². The Balaban J connectivity index is 1.50. The molecule has 1 aliphatic heterocycles. The topological polar surface area (TPSA) is 44.4 Å². The summed E-state index contributed by atoms with van der Waals surface area (Å²) in [6, 6.07) is 16.2. The molecule has 0 radical (unpaired) electrons. The van der Waals surface area contributed by atoms with Crippen molar-refractivity contribution in [1.29, 1.82) is 0 Å². The number of anilines is 1. The lowest BCUT2D eigenvalue weighted by molar-refractivity contribution is -0.642. The molecule has 1 aliphatic carbocycles. The second-order valence-corrected chi connectivity index (χ2v) is 8.85. The zero-order valence-electron chi connectivity index (χ0n) is 15.3. The van der Waals surface area contributed by atoms with E-state index in [1.807, 2.05) is 60.0 Å². The highest BCUT2D eigenvalue weighted by Gasteiger charge is 2.35. The van der Waals surface area contributed by atoms with Crippen molar-refractivity contribution in [3.63, 3.8) is 0 Å². The number of thiazole rings is 1. The van der Waals surface area contributed by atoms with E-state index in [1.54, 1.807) is 35.3 Å². The lowest BCUT2D eigenvalue weighted by Gasteiger charge is -2.20. The molecule has 0 unspecified atom stereocenters. The van der Waals surface area contributed by atoms with Gasteiger partial charge in [-0.2, -0.15) is 4.57 Å². The number of hydrogen-bond acceptors (Lipinski definition) is 5. The fourth-order valence-corrected chi connectivity index (χ4v) is 5.64. The van der Waals surface area contributed by atoms with E-state index in [0.717, 1.165) is 30.8 Å². The Morgan fingerprint density at radius 3 is 2.57 bits per heavy atom. The molecule has 0 amide bonds. The van der Waals surface area contributed by atoms with Crippen LogP contribution in [0.5, 0.6) is 0 Å². The summed E-state index contributed by atoms with van der Waals surface area (Å²) in [7, 11) is 3.94. The molecule has 3 aromatic rings. The highest BCUT2D eigenvalue weighted by Crippen LogP contribution is 2.46. The van der Waals surface area contributed by atoms with Gasteiger partial charge in [0.05, 0.1) is 21.9 Å². The van der Waals surface area contributed by atoms with Crippen molar-refractivity contribution in [3.05, 3.63) is 81.5 Å². The fourth-order valence-electron chi connectivity index (χ4n) is 3.45. The number of allylic oxidation sites excluding steroid dienone is 3. The second-order valence-electron chi connectivity index (χ2n) is 6.73. The molecule has 0 saturated carbocycles. The number of para-hydroxylation sites is 2. The highest BCUT2D eigenvalue weighted by molar-refractivity contribution is 8.03. The summed E-state index contributed by atoms with van der Waals surface area (Å²) in [4.78, 5) is 15.9. The Bertz CT molecular complexity index is 1250. The van der Waals surface area contributed by atoms with Crippen LogP contribution < -0.4 is 9.47 Å². The molecule has 1 aromatic heterocycles. The first-order chi connectivity index (χ1) is 13.5. The molecule has 2 heterocycles. The van der Waals surface area contributed by atoms with Crippen LogP contribution in [0.15, 0.2) is 81.4 Å². The number of nitrogens with zero attached hydrogens (tertiary/aromatic N) is 2. The van der Waals surface area contributed by atoms with E-state index in [-0.39, 0.29) is 11.5 Å². The number of aliphatic hydroxyl groups excluding tert-OH is 1. The molecule has 0 fully saturated rings. The third-order valence-corrected chi connectivity index (χ3v) is 7.41. The zero-order valence-corrected chi connectivity index (χ0v) is 17.0. The standard InChI is InChI=1S/C22H16N2O2S2/c1-23-15-7-3-5-9-17(15)27-19(23)11-13-21(25)14(22(13)26)12-20-24(2)16-8-4-6-10-18(16)28-20/h3-12H,1-2H3/p+1. The molecule has 138 valence electrons. The summed E-state index contributed by atoms with van der Waals surface area (Å²) < 4.78 is 3.19. The van der Waals surface area contributed by atoms with Crippen LogP contribution in [0.3, 0.4) is 0 Å². The van der Waals surface area contributed by atoms with E-state index in [2.05, 4.69) is 12.1 Å². The molecule has 0 bridgehead atoms. The minimum atomic E-state index is -0.118. The number of Topliss-reactive ketones (excluding diaryl/α,β-unsaturated/α-hetero) is 1. The zero-order chi connectivity index (χ0) is 19.4. The van der Waals surface area contributed by atoms with Gasteiger partial charge < -0.3 is 10.0 Å². The van der Waals surface area contributed by atoms with Gasteiger partial charge in [0.1, 0.15) is 17.5 Å². The van der Waals surface area contributed by atoms with E-state index in [9.17, 15) is 9.90 Å². The molecule has 28 heavy (non-hydrogen) atoms. The van der Waals surface area contributed by atoms with E-state index >= 15 is 0 Å². The molecular weight excluding hydrogens is 388 g/mol. The van der Waals surface area contributed by atoms with Crippen molar-refractivity contribution in [2.45, 2.75) is 4.90 Å². The van der Waals surface area contributed by atoms with Crippen molar-refractivity contribution in [3.8, 4) is 0 Å². The van der Waals surface area contributed by atoms with E-state index in [4.69, 9.17) is 0 Å². The summed E-state index contributed by atoms with van der Waals surface area (Å²) in [5.41, 5.74) is 2.96. The maximum absolute atomic E-state index is 12.7.